The zero-order valence-electron chi connectivity index (χ0n) is 14.3. The third-order valence-corrected chi connectivity index (χ3v) is 5.15. The average Bonchev–Trinajstić information content (AvgIpc) is 2.54. The minimum atomic E-state index is -0.387. The van der Waals surface area contributed by atoms with Gasteiger partial charge in [-0.1, -0.05) is 36.8 Å². The quantitative estimate of drug-likeness (QED) is 0.837. The molecule has 2 atom stereocenters. The Hall–Kier alpha value is -1.88. The maximum absolute atomic E-state index is 12.6. The van der Waals surface area contributed by atoms with Crippen molar-refractivity contribution in [2.24, 2.45) is 5.92 Å². The summed E-state index contributed by atoms with van der Waals surface area (Å²) in [7, 11) is 0. The molecule has 1 aromatic carbocycles. The lowest BCUT2D eigenvalue weighted by atomic mass is 9.85. The van der Waals surface area contributed by atoms with Crippen LogP contribution < -0.4 is 10.6 Å². The van der Waals surface area contributed by atoms with E-state index >= 15 is 0 Å². The van der Waals surface area contributed by atoms with Gasteiger partial charge in [-0.3, -0.25) is 9.59 Å². The van der Waals surface area contributed by atoms with Gasteiger partial charge in [0.05, 0.1) is 18.5 Å². The van der Waals surface area contributed by atoms with Gasteiger partial charge in [0.15, 0.2) is 0 Å². The number of carbonyl (C=O) groups is 2. The number of hydrogen-bond acceptors (Lipinski definition) is 3. The second kappa shape index (κ2) is 7.79. The standard InChI is InChI=1S/C19H27N3O2/c1-14(16-8-3-2-4-9-16)21-18(23)12-17-19(24)22(11-10-20-17)13-15-6-5-7-15/h2-4,8-9,14-15,17,20H,5-7,10-13H2,1H3,(H,21,23). The van der Waals surface area contributed by atoms with Gasteiger partial charge in [-0.25, -0.2) is 0 Å². The number of amides is 2. The van der Waals surface area contributed by atoms with E-state index in [1.807, 2.05) is 42.2 Å². The van der Waals surface area contributed by atoms with E-state index < -0.39 is 0 Å². The molecule has 130 valence electrons. The van der Waals surface area contributed by atoms with Gasteiger partial charge < -0.3 is 15.5 Å². The van der Waals surface area contributed by atoms with Crippen LogP contribution in [0.25, 0.3) is 0 Å². The highest BCUT2D eigenvalue weighted by Gasteiger charge is 2.32. The zero-order valence-corrected chi connectivity index (χ0v) is 14.3. The summed E-state index contributed by atoms with van der Waals surface area (Å²) in [5.41, 5.74) is 1.07. The maximum Gasteiger partial charge on any atom is 0.240 e. The molecule has 0 bridgehead atoms. The molecule has 2 aliphatic rings. The maximum atomic E-state index is 12.6. The van der Waals surface area contributed by atoms with E-state index in [0.717, 1.165) is 25.2 Å². The van der Waals surface area contributed by atoms with Crippen molar-refractivity contribution >= 4 is 11.8 Å². The fraction of sp³-hybridized carbons (Fsp3) is 0.579. The molecule has 1 heterocycles. The van der Waals surface area contributed by atoms with E-state index in [4.69, 9.17) is 0 Å². The molecule has 0 spiro atoms. The van der Waals surface area contributed by atoms with Gasteiger partial charge in [-0.2, -0.15) is 0 Å². The lowest BCUT2D eigenvalue weighted by molar-refractivity contribution is -0.139. The summed E-state index contributed by atoms with van der Waals surface area (Å²) in [6.07, 6.45) is 3.96. The first-order chi connectivity index (χ1) is 11.6. The van der Waals surface area contributed by atoms with Crippen molar-refractivity contribution in [2.45, 2.75) is 44.7 Å². The van der Waals surface area contributed by atoms with Gasteiger partial charge in [0.2, 0.25) is 11.8 Å². The minimum absolute atomic E-state index is 0.0523. The molecule has 1 aliphatic heterocycles. The Morgan fingerprint density at radius 3 is 2.75 bits per heavy atom. The number of nitrogens with zero attached hydrogens (tertiary/aromatic N) is 1. The molecular weight excluding hydrogens is 302 g/mol. The molecule has 5 heteroatoms. The molecule has 24 heavy (non-hydrogen) atoms. The van der Waals surface area contributed by atoms with Gasteiger partial charge in [0, 0.05) is 19.6 Å². The Kier molecular flexibility index (Phi) is 5.51. The smallest absolute Gasteiger partial charge is 0.240 e. The summed E-state index contributed by atoms with van der Waals surface area (Å²) in [6, 6.07) is 9.43. The molecule has 3 rings (SSSR count). The Balaban J connectivity index is 1.50. The molecule has 1 aliphatic carbocycles. The van der Waals surface area contributed by atoms with Gasteiger partial charge in [0.1, 0.15) is 0 Å². The van der Waals surface area contributed by atoms with E-state index in [2.05, 4.69) is 10.6 Å². The molecule has 1 aromatic rings. The lowest BCUT2D eigenvalue weighted by Crippen LogP contribution is -2.57. The first-order valence-corrected chi connectivity index (χ1v) is 9.00. The van der Waals surface area contributed by atoms with E-state index in [1.54, 1.807) is 0 Å². The zero-order chi connectivity index (χ0) is 16.9. The summed E-state index contributed by atoms with van der Waals surface area (Å²) in [5, 5.41) is 6.19. The number of hydrogen-bond donors (Lipinski definition) is 2. The molecular formula is C19H27N3O2. The summed E-state index contributed by atoms with van der Waals surface area (Å²) in [5.74, 6) is 0.665. The van der Waals surface area contributed by atoms with Crippen molar-refractivity contribution in [3.05, 3.63) is 35.9 Å². The van der Waals surface area contributed by atoms with Gasteiger partial charge in [-0.05, 0) is 31.2 Å². The van der Waals surface area contributed by atoms with Gasteiger partial charge in [0.25, 0.3) is 0 Å². The first-order valence-electron chi connectivity index (χ1n) is 9.00. The topological polar surface area (TPSA) is 61.4 Å². The van der Waals surface area contributed by atoms with Crippen molar-refractivity contribution in [3.63, 3.8) is 0 Å². The Morgan fingerprint density at radius 1 is 1.33 bits per heavy atom. The Bertz CT molecular complexity index is 571. The van der Waals surface area contributed by atoms with E-state index in [-0.39, 0.29) is 30.3 Å². The second-order valence-corrected chi connectivity index (χ2v) is 6.99. The third kappa shape index (κ3) is 4.15. The fourth-order valence-electron chi connectivity index (χ4n) is 3.43. The van der Waals surface area contributed by atoms with Crippen LogP contribution in [-0.2, 0) is 9.59 Å². The van der Waals surface area contributed by atoms with Crippen molar-refractivity contribution in [1.82, 2.24) is 15.5 Å². The normalized spacial score (nSPS) is 22.8. The number of nitrogens with one attached hydrogen (secondary N) is 2. The average molecular weight is 329 g/mol. The summed E-state index contributed by atoms with van der Waals surface area (Å²) in [4.78, 5) is 26.8. The molecule has 2 fully saturated rings. The van der Waals surface area contributed by atoms with Gasteiger partial charge in [-0.15, -0.1) is 0 Å². The fourth-order valence-corrected chi connectivity index (χ4v) is 3.43. The minimum Gasteiger partial charge on any atom is -0.350 e. The molecule has 2 N–H and O–H groups in total. The van der Waals surface area contributed by atoms with Crippen LogP contribution in [0.2, 0.25) is 0 Å². The summed E-state index contributed by atoms with van der Waals surface area (Å²) >= 11 is 0. The van der Waals surface area contributed by atoms with Crippen molar-refractivity contribution in [2.75, 3.05) is 19.6 Å². The highest BCUT2D eigenvalue weighted by molar-refractivity contribution is 5.89. The van der Waals surface area contributed by atoms with Crippen LogP contribution in [0.3, 0.4) is 0 Å². The third-order valence-electron chi connectivity index (χ3n) is 5.15. The van der Waals surface area contributed by atoms with Crippen LogP contribution >= 0.6 is 0 Å². The SMILES string of the molecule is CC(NC(=O)CC1NCCN(CC2CCC2)C1=O)c1ccccc1. The predicted molar refractivity (Wildman–Crippen MR) is 93.3 cm³/mol. The molecule has 2 unspecified atom stereocenters. The van der Waals surface area contributed by atoms with E-state index in [1.165, 1.54) is 19.3 Å². The molecule has 0 radical (unpaired) electrons. The highest BCUT2D eigenvalue weighted by Crippen LogP contribution is 2.27. The van der Waals surface area contributed by atoms with Crippen LogP contribution in [-0.4, -0.2) is 42.4 Å². The molecule has 1 saturated carbocycles. The Morgan fingerprint density at radius 2 is 2.08 bits per heavy atom. The summed E-state index contributed by atoms with van der Waals surface area (Å²) in [6.45, 7) is 4.35. The van der Waals surface area contributed by atoms with E-state index in [0.29, 0.717) is 5.92 Å². The van der Waals surface area contributed by atoms with E-state index in [9.17, 15) is 9.59 Å². The number of carbonyl (C=O) groups excluding carboxylic acids is 2. The number of rotatable bonds is 6. The monoisotopic (exact) mass is 329 g/mol. The van der Waals surface area contributed by atoms with Crippen LogP contribution in [0.4, 0.5) is 0 Å². The number of piperazine rings is 1. The van der Waals surface area contributed by atoms with Crippen molar-refractivity contribution in [1.29, 1.82) is 0 Å². The Labute approximate surface area is 143 Å². The highest BCUT2D eigenvalue weighted by atomic mass is 16.2. The number of benzene rings is 1. The largest absolute Gasteiger partial charge is 0.350 e. The molecule has 1 saturated heterocycles. The van der Waals surface area contributed by atoms with Crippen LogP contribution in [0, 0.1) is 5.92 Å². The summed E-state index contributed by atoms with van der Waals surface area (Å²) < 4.78 is 0. The van der Waals surface area contributed by atoms with Crippen LogP contribution in [0.1, 0.15) is 44.2 Å². The lowest BCUT2D eigenvalue weighted by Gasteiger charge is -2.37. The van der Waals surface area contributed by atoms with Crippen LogP contribution in [0.15, 0.2) is 30.3 Å². The predicted octanol–water partition coefficient (Wildman–Crippen LogP) is 1.85. The van der Waals surface area contributed by atoms with Crippen LogP contribution in [0.5, 0.6) is 0 Å². The molecule has 0 aromatic heterocycles. The van der Waals surface area contributed by atoms with Crippen molar-refractivity contribution < 1.29 is 9.59 Å². The molecule has 5 nitrogen and oxygen atoms in total. The molecule has 2 amide bonds. The second-order valence-electron chi connectivity index (χ2n) is 6.99. The van der Waals surface area contributed by atoms with Gasteiger partial charge >= 0.3 is 0 Å². The first kappa shape index (κ1) is 17.0. The van der Waals surface area contributed by atoms with Crippen molar-refractivity contribution in [3.8, 4) is 0 Å².